The van der Waals surface area contributed by atoms with Crippen molar-refractivity contribution >= 4 is 12.0 Å². The van der Waals surface area contributed by atoms with Crippen molar-refractivity contribution in [3.05, 3.63) is 35.4 Å². The Labute approximate surface area is 106 Å². The van der Waals surface area contributed by atoms with Crippen molar-refractivity contribution in [1.82, 2.24) is 0 Å². The summed E-state index contributed by atoms with van der Waals surface area (Å²) in [6.45, 7) is 3.66. The summed E-state index contributed by atoms with van der Waals surface area (Å²) in [7, 11) is 0. The Hall–Kier alpha value is -2.28. The number of phenolic OH excluding ortho intramolecular Hbond substituents is 1. The molecule has 0 aliphatic carbocycles. The second-order valence-electron chi connectivity index (χ2n) is 3.89. The molecule has 4 nitrogen and oxygen atoms in total. The minimum absolute atomic E-state index is 0.0799. The maximum Gasteiger partial charge on any atom is 0.349 e. The summed E-state index contributed by atoms with van der Waals surface area (Å²) in [4.78, 5) is 11.7. The first-order valence-electron chi connectivity index (χ1n) is 5.68. The standard InChI is InChI=1S/C14H15NO3/c1-3-10(2)18-14(17)12(9-15)7-11-5-4-6-13(16)8-11/h4-8,10,16H,3H2,1-2H3. The minimum atomic E-state index is -0.643. The summed E-state index contributed by atoms with van der Waals surface area (Å²) >= 11 is 0. The lowest BCUT2D eigenvalue weighted by Crippen LogP contribution is -2.15. The number of hydrogen-bond donors (Lipinski definition) is 1. The number of ether oxygens (including phenoxy) is 1. The van der Waals surface area contributed by atoms with Crippen molar-refractivity contribution < 1.29 is 14.6 Å². The van der Waals surface area contributed by atoms with Crippen molar-refractivity contribution in [3.8, 4) is 11.8 Å². The van der Waals surface area contributed by atoms with Crippen LogP contribution in [0.2, 0.25) is 0 Å². The van der Waals surface area contributed by atoms with Crippen LogP contribution in [0.1, 0.15) is 25.8 Å². The smallest absolute Gasteiger partial charge is 0.349 e. The molecule has 1 unspecified atom stereocenters. The lowest BCUT2D eigenvalue weighted by molar-refractivity contribution is -0.142. The predicted octanol–water partition coefficient (Wildman–Crippen LogP) is 2.64. The Morgan fingerprint density at radius 3 is 2.89 bits per heavy atom. The number of carbonyl (C=O) groups excluding carboxylic acids is 1. The van der Waals surface area contributed by atoms with E-state index in [0.717, 1.165) is 0 Å². The number of carbonyl (C=O) groups is 1. The zero-order chi connectivity index (χ0) is 13.5. The first-order chi connectivity index (χ1) is 8.56. The molecule has 0 spiro atoms. The van der Waals surface area contributed by atoms with Crippen LogP contribution in [-0.2, 0) is 9.53 Å². The molecule has 0 saturated heterocycles. The third kappa shape index (κ3) is 3.95. The molecule has 0 saturated carbocycles. The Morgan fingerprint density at radius 1 is 1.61 bits per heavy atom. The molecule has 1 N–H and O–H groups in total. The van der Waals surface area contributed by atoms with Gasteiger partial charge in [0.2, 0.25) is 0 Å². The van der Waals surface area contributed by atoms with Crippen molar-refractivity contribution in [2.24, 2.45) is 0 Å². The first-order valence-corrected chi connectivity index (χ1v) is 5.68. The summed E-state index contributed by atoms with van der Waals surface area (Å²) in [6.07, 6.45) is 1.86. The number of hydrogen-bond acceptors (Lipinski definition) is 4. The van der Waals surface area contributed by atoms with Gasteiger partial charge < -0.3 is 9.84 Å². The van der Waals surface area contributed by atoms with Gasteiger partial charge in [-0.2, -0.15) is 5.26 Å². The highest BCUT2D eigenvalue weighted by Gasteiger charge is 2.13. The molecular weight excluding hydrogens is 230 g/mol. The lowest BCUT2D eigenvalue weighted by Gasteiger charge is -2.09. The maximum absolute atomic E-state index is 11.7. The maximum atomic E-state index is 11.7. The molecule has 18 heavy (non-hydrogen) atoms. The number of aromatic hydroxyl groups is 1. The van der Waals surface area contributed by atoms with E-state index in [-0.39, 0.29) is 17.4 Å². The van der Waals surface area contributed by atoms with E-state index < -0.39 is 5.97 Å². The van der Waals surface area contributed by atoms with E-state index in [2.05, 4.69) is 0 Å². The number of rotatable bonds is 4. The topological polar surface area (TPSA) is 70.3 Å². The molecule has 0 radical (unpaired) electrons. The molecule has 0 aliphatic rings. The fourth-order valence-corrected chi connectivity index (χ4v) is 1.25. The average molecular weight is 245 g/mol. The van der Waals surface area contributed by atoms with E-state index in [9.17, 15) is 9.90 Å². The molecule has 0 amide bonds. The molecule has 1 aromatic rings. The normalized spacial score (nSPS) is 12.6. The van der Waals surface area contributed by atoms with E-state index in [1.54, 1.807) is 25.1 Å². The van der Waals surface area contributed by atoms with Gasteiger partial charge in [0.15, 0.2) is 0 Å². The quantitative estimate of drug-likeness (QED) is 0.503. The third-order valence-electron chi connectivity index (χ3n) is 2.40. The number of nitrogens with zero attached hydrogens (tertiary/aromatic N) is 1. The van der Waals surface area contributed by atoms with Gasteiger partial charge in [-0.3, -0.25) is 0 Å². The van der Waals surface area contributed by atoms with Crippen LogP contribution >= 0.6 is 0 Å². The molecule has 94 valence electrons. The van der Waals surface area contributed by atoms with Gasteiger partial charge in [0.1, 0.15) is 17.4 Å². The van der Waals surface area contributed by atoms with Crippen molar-refractivity contribution in [2.75, 3.05) is 0 Å². The fourth-order valence-electron chi connectivity index (χ4n) is 1.25. The Balaban J connectivity index is 2.90. The molecular formula is C14H15NO3. The van der Waals surface area contributed by atoms with E-state index in [0.29, 0.717) is 12.0 Å². The van der Waals surface area contributed by atoms with Crippen LogP contribution in [0.15, 0.2) is 29.8 Å². The van der Waals surface area contributed by atoms with Crippen molar-refractivity contribution in [1.29, 1.82) is 5.26 Å². The van der Waals surface area contributed by atoms with Crippen molar-refractivity contribution in [2.45, 2.75) is 26.4 Å². The summed E-state index contributed by atoms with van der Waals surface area (Å²) < 4.78 is 5.06. The lowest BCUT2D eigenvalue weighted by atomic mass is 10.1. The molecule has 1 aromatic carbocycles. The van der Waals surface area contributed by atoms with E-state index in [1.807, 2.05) is 6.92 Å². The van der Waals surface area contributed by atoms with Gasteiger partial charge in [-0.25, -0.2) is 4.79 Å². The SMILES string of the molecule is CCC(C)OC(=O)C(C#N)=Cc1cccc(O)c1. The fraction of sp³-hybridized carbons (Fsp3) is 0.286. The molecule has 0 aromatic heterocycles. The van der Waals surface area contributed by atoms with Gasteiger partial charge in [-0.1, -0.05) is 19.1 Å². The van der Waals surface area contributed by atoms with Crippen LogP contribution in [0.3, 0.4) is 0 Å². The second-order valence-corrected chi connectivity index (χ2v) is 3.89. The molecule has 0 aliphatic heterocycles. The molecule has 1 rings (SSSR count). The summed E-state index contributed by atoms with van der Waals surface area (Å²) in [5.41, 5.74) is 0.494. The van der Waals surface area contributed by atoms with E-state index >= 15 is 0 Å². The number of nitriles is 1. The van der Waals surface area contributed by atoms with Crippen LogP contribution in [0.25, 0.3) is 6.08 Å². The number of esters is 1. The molecule has 4 heteroatoms. The average Bonchev–Trinajstić information content (AvgIpc) is 2.35. The van der Waals surface area contributed by atoms with Gasteiger partial charge in [0, 0.05) is 0 Å². The number of benzene rings is 1. The predicted molar refractivity (Wildman–Crippen MR) is 67.5 cm³/mol. The monoisotopic (exact) mass is 245 g/mol. The first kappa shape index (κ1) is 13.8. The highest BCUT2D eigenvalue weighted by Crippen LogP contribution is 2.15. The third-order valence-corrected chi connectivity index (χ3v) is 2.40. The van der Waals surface area contributed by atoms with Crippen LogP contribution in [0, 0.1) is 11.3 Å². The zero-order valence-electron chi connectivity index (χ0n) is 10.4. The van der Waals surface area contributed by atoms with E-state index in [1.165, 1.54) is 18.2 Å². The van der Waals surface area contributed by atoms with E-state index in [4.69, 9.17) is 10.00 Å². The molecule has 0 heterocycles. The zero-order valence-corrected chi connectivity index (χ0v) is 10.4. The van der Waals surface area contributed by atoms with Gasteiger partial charge in [-0.05, 0) is 37.1 Å². The largest absolute Gasteiger partial charge is 0.508 e. The summed E-state index contributed by atoms with van der Waals surface area (Å²) in [5.74, 6) is -0.563. The molecule has 0 fully saturated rings. The van der Waals surface area contributed by atoms with Crippen LogP contribution in [-0.4, -0.2) is 17.2 Å². The van der Waals surface area contributed by atoms with Crippen LogP contribution < -0.4 is 0 Å². The summed E-state index contributed by atoms with van der Waals surface area (Å²) in [5, 5.41) is 18.2. The highest BCUT2D eigenvalue weighted by atomic mass is 16.5. The Morgan fingerprint density at radius 2 is 2.33 bits per heavy atom. The minimum Gasteiger partial charge on any atom is -0.508 e. The Kier molecular flexibility index (Phi) is 4.94. The van der Waals surface area contributed by atoms with Crippen LogP contribution in [0.5, 0.6) is 5.75 Å². The highest BCUT2D eigenvalue weighted by molar-refractivity contribution is 5.98. The van der Waals surface area contributed by atoms with Gasteiger partial charge in [0.05, 0.1) is 6.10 Å². The second kappa shape index (κ2) is 6.45. The van der Waals surface area contributed by atoms with Crippen LogP contribution in [0.4, 0.5) is 0 Å². The molecule has 1 atom stereocenters. The van der Waals surface area contributed by atoms with Gasteiger partial charge >= 0.3 is 5.97 Å². The van der Waals surface area contributed by atoms with Crippen molar-refractivity contribution in [3.63, 3.8) is 0 Å². The number of phenols is 1. The van der Waals surface area contributed by atoms with Gasteiger partial charge in [-0.15, -0.1) is 0 Å². The molecule has 0 bridgehead atoms. The summed E-state index contributed by atoms with van der Waals surface area (Å²) in [6, 6.07) is 8.11. The van der Waals surface area contributed by atoms with Gasteiger partial charge in [0.25, 0.3) is 0 Å². The Bertz CT molecular complexity index is 500.